The molecular formula is C21H42N8O3. The second kappa shape index (κ2) is 15.4. The topological polar surface area (TPSA) is 218 Å². The molecule has 0 spiro atoms. The Bertz CT molecular complexity index is 618. The number of guanidine groups is 1. The minimum Gasteiger partial charge on any atom is -0.370 e. The fourth-order valence-corrected chi connectivity index (χ4v) is 3.97. The standard InChI is InChI=1S/C21H42N8O3/c22-11-5-4-10-16(18(24)30)28-20(32)17(13-14-7-2-1-3-8-14)29-19(31)15(23)9-6-12-27-21(25)26/h14-17H,1-13,22-23H2,(H2,24,30)(H,28,32)(H,29,31)(H4,25,26,27)/t15-,16+,17+/m1/s1. The summed E-state index contributed by atoms with van der Waals surface area (Å²) < 4.78 is 0. The summed E-state index contributed by atoms with van der Waals surface area (Å²) in [5.41, 5.74) is 27.6. The van der Waals surface area contributed by atoms with E-state index in [-0.39, 0.29) is 5.96 Å². The first-order valence-electron chi connectivity index (χ1n) is 11.7. The number of primary amides is 1. The second-order valence-electron chi connectivity index (χ2n) is 8.60. The van der Waals surface area contributed by atoms with Crippen LogP contribution < -0.4 is 39.3 Å². The van der Waals surface area contributed by atoms with Crippen molar-refractivity contribution >= 4 is 23.7 Å². The van der Waals surface area contributed by atoms with Gasteiger partial charge in [-0.1, -0.05) is 32.1 Å². The van der Waals surface area contributed by atoms with Crippen LogP contribution in [0.25, 0.3) is 0 Å². The summed E-state index contributed by atoms with van der Waals surface area (Å²) in [4.78, 5) is 41.3. The average Bonchev–Trinajstić information content (AvgIpc) is 2.75. The van der Waals surface area contributed by atoms with Gasteiger partial charge in [0, 0.05) is 6.54 Å². The molecule has 1 rings (SSSR count). The van der Waals surface area contributed by atoms with Gasteiger partial charge in [0.2, 0.25) is 17.7 Å². The van der Waals surface area contributed by atoms with Crippen LogP contribution in [0, 0.1) is 5.92 Å². The predicted octanol–water partition coefficient (Wildman–Crippen LogP) is -1.08. The van der Waals surface area contributed by atoms with E-state index in [1.807, 2.05) is 0 Å². The maximum Gasteiger partial charge on any atom is 0.243 e. The molecule has 12 N–H and O–H groups in total. The first kappa shape index (κ1) is 27.6. The Hall–Kier alpha value is -2.40. The fourth-order valence-electron chi connectivity index (χ4n) is 3.97. The molecule has 11 nitrogen and oxygen atoms in total. The fraction of sp³-hybridized carbons (Fsp3) is 0.810. The third-order valence-electron chi connectivity index (χ3n) is 5.84. The zero-order chi connectivity index (χ0) is 23.9. The number of rotatable bonds is 15. The van der Waals surface area contributed by atoms with Crippen LogP contribution >= 0.6 is 0 Å². The molecule has 0 saturated heterocycles. The number of unbranched alkanes of at least 4 members (excludes halogenated alkanes) is 1. The zero-order valence-electron chi connectivity index (χ0n) is 19.1. The van der Waals surface area contributed by atoms with Crippen LogP contribution in [0.2, 0.25) is 0 Å². The maximum absolute atomic E-state index is 13.0. The molecule has 1 aliphatic carbocycles. The predicted molar refractivity (Wildman–Crippen MR) is 125 cm³/mol. The van der Waals surface area contributed by atoms with Gasteiger partial charge in [-0.3, -0.25) is 19.4 Å². The summed E-state index contributed by atoms with van der Waals surface area (Å²) in [6.07, 6.45) is 8.67. The smallest absolute Gasteiger partial charge is 0.243 e. The van der Waals surface area contributed by atoms with Crippen molar-refractivity contribution in [1.82, 2.24) is 10.6 Å². The molecule has 0 radical (unpaired) electrons. The van der Waals surface area contributed by atoms with E-state index in [4.69, 9.17) is 28.7 Å². The molecule has 184 valence electrons. The van der Waals surface area contributed by atoms with Crippen molar-refractivity contribution in [2.75, 3.05) is 13.1 Å². The third-order valence-corrected chi connectivity index (χ3v) is 5.84. The van der Waals surface area contributed by atoms with Gasteiger partial charge >= 0.3 is 0 Å². The van der Waals surface area contributed by atoms with E-state index in [9.17, 15) is 14.4 Å². The van der Waals surface area contributed by atoms with Crippen LogP contribution in [0.5, 0.6) is 0 Å². The van der Waals surface area contributed by atoms with Crippen molar-refractivity contribution in [1.29, 1.82) is 0 Å². The number of hydrogen-bond donors (Lipinski definition) is 7. The summed E-state index contributed by atoms with van der Waals surface area (Å²) in [5, 5.41) is 5.51. The van der Waals surface area contributed by atoms with E-state index in [1.165, 1.54) is 6.42 Å². The highest BCUT2D eigenvalue weighted by Crippen LogP contribution is 2.27. The van der Waals surface area contributed by atoms with Crippen LogP contribution in [-0.2, 0) is 14.4 Å². The molecule has 3 atom stereocenters. The molecular weight excluding hydrogens is 412 g/mol. The van der Waals surface area contributed by atoms with E-state index in [1.54, 1.807) is 0 Å². The normalized spacial score (nSPS) is 17.1. The van der Waals surface area contributed by atoms with Crippen LogP contribution in [0.3, 0.4) is 0 Å². The largest absolute Gasteiger partial charge is 0.370 e. The first-order valence-corrected chi connectivity index (χ1v) is 11.7. The number of nitrogens with one attached hydrogen (secondary N) is 2. The summed E-state index contributed by atoms with van der Waals surface area (Å²) in [5.74, 6) is -1.10. The summed E-state index contributed by atoms with van der Waals surface area (Å²) in [7, 11) is 0. The van der Waals surface area contributed by atoms with Crippen molar-refractivity contribution in [3.05, 3.63) is 0 Å². The van der Waals surface area contributed by atoms with Crippen LogP contribution in [-0.4, -0.2) is 54.9 Å². The van der Waals surface area contributed by atoms with Crippen LogP contribution in [0.1, 0.15) is 70.6 Å². The number of aliphatic imine (C=N–C) groups is 1. The van der Waals surface area contributed by atoms with Crippen molar-refractivity contribution in [2.24, 2.45) is 39.6 Å². The molecule has 0 heterocycles. The van der Waals surface area contributed by atoms with E-state index in [0.717, 1.165) is 32.1 Å². The highest BCUT2D eigenvalue weighted by atomic mass is 16.2. The summed E-state index contributed by atoms with van der Waals surface area (Å²) in [6, 6.07) is -2.36. The second-order valence-corrected chi connectivity index (χ2v) is 8.60. The van der Waals surface area contributed by atoms with E-state index in [2.05, 4.69) is 15.6 Å². The van der Waals surface area contributed by atoms with Crippen molar-refractivity contribution < 1.29 is 14.4 Å². The quantitative estimate of drug-likeness (QED) is 0.0920. The van der Waals surface area contributed by atoms with E-state index >= 15 is 0 Å². The number of amides is 3. The highest BCUT2D eigenvalue weighted by molar-refractivity contribution is 5.92. The summed E-state index contributed by atoms with van der Waals surface area (Å²) >= 11 is 0. The Morgan fingerprint density at radius 1 is 0.875 bits per heavy atom. The molecule has 0 aromatic rings. The lowest BCUT2D eigenvalue weighted by molar-refractivity contribution is -0.132. The molecule has 1 saturated carbocycles. The number of nitrogens with zero attached hydrogens (tertiary/aromatic N) is 1. The molecule has 11 heteroatoms. The molecule has 0 bridgehead atoms. The van der Waals surface area contributed by atoms with Gasteiger partial charge in [0.1, 0.15) is 12.1 Å². The highest BCUT2D eigenvalue weighted by Gasteiger charge is 2.29. The zero-order valence-corrected chi connectivity index (χ0v) is 19.1. The molecule has 0 aliphatic heterocycles. The van der Waals surface area contributed by atoms with Gasteiger partial charge < -0.3 is 39.3 Å². The van der Waals surface area contributed by atoms with E-state index in [0.29, 0.717) is 51.1 Å². The molecule has 0 unspecified atom stereocenters. The van der Waals surface area contributed by atoms with Crippen molar-refractivity contribution in [3.63, 3.8) is 0 Å². The third kappa shape index (κ3) is 11.3. The molecule has 1 aliphatic rings. The maximum atomic E-state index is 13.0. The lowest BCUT2D eigenvalue weighted by Gasteiger charge is -2.28. The lowest BCUT2D eigenvalue weighted by atomic mass is 9.84. The monoisotopic (exact) mass is 454 g/mol. The van der Waals surface area contributed by atoms with Gasteiger partial charge in [0.15, 0.2) is 5.96 Å². The number of nitrogens with two attached hydrogens (primary N) is 5. The number of hydrogen-bond acceptors (Lipinski definition) is 6. The van der Waals surface area contributed by atoms with Gasteiger partial charge in [-0.25, -0.2) is 0 Å². The van der Waals surface area contributed by atoms with Crippen molar-refractivity contribution in [3.8, 4) is 0 Å². The first-order chi connectivity index (χ1) is 15.2. The SMILES string of the molecule is NCCCC[C@H](NC(=O)[C@H](CC1CCCCC1)NC(=O)[C@H](N)CCCN=C(N)N)C(N)=O. The average molecular weight is 455 g/mol. The Kier molecular flexibility index (Phi) is 13.3. The van der Waals surface area contributed by atoms with Gasteiger partial charge in [0.25, 0.3) is 0 Å². The molecule has 3 amide bonds. The van der Waals surface area contributed by atoms with Crippen LogP contribution in [0.15, 0.2) is 4.99 Å². The lowest BCUT2D eigenvalue weighted by Crippen LogP contribution is -2.55. The van der Waals surface area contributed by atoms with Gasteiger partial charge in [-0.15, -0.1) is 0 Å². The Labute approximate surface area is 190 Å². The van der Waals surface area contributed by atoms with E-state index < -0.39 is 35.8 Å². The summed E-state index contributed by atoms with van der Waals surface area (Å²) in [6.45, 7) is 0.874. The van der Waals surface area contributed by atoms with Gasteiger partial charge in [0.05, 0.1) is 6.04 Å². The minimum absolute atomic E-state index is 0.0114. The van der Waals surface area contributed by atoms with Crippen LogP contribution in [0.4, 0.5) is 0 Å². The Balaban J connectivity index is 2.75. The minimum atomic E-state index is -0.798. The van der Waals surface area contributed by atoms with Gasteiger partial charge in [-0.05, 0) is 51.0 Å². The molecule has 0 aromatic carbocycles. The molecule has 1 fully saturated rings. The van der Waals surface area contributed by atoms with Gasteiger partial charge in [-0.2, -0.15) is 0 Å². The number of carbonyl (C=O) groups is 3. The number of carbonyl (C=O) groups excluding carboxylic acids is 3. The molecule has 32 heavy (non-hydrogen) atoms. The van der Waals surface area contributed by atoms with Crippen molar-refractivity contribution in [2.45, 2.75) is 88.8 Å². The molecule has 0 aromatic heterocycles. The Morgan fingerprint density at radius 2 is 1.53 bits per heavy atom. The Morgan fingerprint density at radius 3 is 2.12 bits per heavy atom.